The molecule has 6 nitrogen and oxygen atoms in total. The zero-order valence-corrected chi connectivity index (χ0v) is 23.5. The normalized spacial score (nSPS) is 19.2. The number of nitro benzene ring substituents is 1. The van der Waals surface area contributed by atoms with Crippen LogP contribution in [0.4, 0.5) is 11.4 Å². The van der Waals surface area contributed by atoms with Crippen molar-refractivity contribution in [2.45, 2.75) is 15.9 Å². The summed E-state index contributed by atoms with van der Waals surface area (Å²) in [7, 11) is 0. The lowest BCUT2D eigenvalue weighted by Gasteiger charge is -2.37. The number of nitro groups is 1. The maximum atomic E-state index is 12.7. The van der Waals surface area contributed by atoms with Gasteiger partial charge in [-0.05, 0) is 53.1 Å². The summed E-state index contributed by atoms with van der Waals surface area (Å²) < 4.78 is -1.59. The number of hydrogen-bond acceptors (Lipinski definition) is 7. The van der Waals surface area contributed by atoms with Crippen LogP contribution in [0.5, 0.6) is 0 Å². The lowest BCUT2D eigenvalue weighted by Crippen LogP contribution is -2.34. The van der Waals surface area contributed by atoms with Gasteiger partial charge in [-0.25, -0.2) is 5.01 Å². The largest absolute Gasteiger partial charge is 0.292 e. The molecule has 1 spiro atoms. The second-order valence-electron chi connectivity index (χ2n) is 9.07. The number of non-ortho nitro benzene ring substituents is 1. The number of carbonyl (C=O) groups is 1. The SMILES string of the molecule is CC(=O)C1=NN(c2ccc([N+](=O)[O-])cc2)[C@@]2(S1)SC(c1ccc(Cl)cc1)(c1ccc(Cl)cc1)c1ccccc12. The molecule has 6 rings (SSSR count). The van der Waals surface area contributed by atoms with E-state index in [1.807, 2.05) is 65.7 Å². The minimum atomic E-state index is -0.882. The van der Waals surface area contributed by atoms with Crippen molar-refractivity contribution in [3.8, 4) is 0 Å². The van der Waals surface area contributed by atoms with Crippen LogP contribution in [0.2, 0.25) is 10.0 Å². The van der Waals surface area contributed by atoms with Gasteiger partial charge in [0.1, 0.15) is 0 Å². The van der Waals surface area contributed by atoms with E-state index in [-0.39, 0.29) is 11.5 Å². The van der Waals surface area contributed by atoms with Crippen LogP contribution < -0.4 is 5.01 Å². The number of ketones is 1. The lowest BCUT2D eigenvalue weighted by molar-refractivity contribution is -0.384. The summed E-state index contributed by atoms with van der Waals surface area (Å²) in [5.41, 5.74) is 4.64. The first-order valence-corrected chi connectivity index (χ1v) is 14.3. The molecule has 4 aromatic carbocycles. The average Bonchev–Trinajstić information content (AvgIpc) is 3.47. The quantitative estimate of drug-likeness (QED) is 0.172. The number of halogens is 2. The highest BCUT2D eigenvalue weighted by atomic mass is 35.5. The molecule has 0 saturated heterocycles. The molecular weight excluding hydrogens is 573 g/mol. The van der Waals surface area contributed by atoms with Gasteiger partial charge in [0.05, 0.1) is 15.4 Å². The van der Waals surface area contributed by atoms with Crippen LogP contribution in [-0.2, 0) is 13.7 Å². The van der Waals surface area contributed by atoms with Gasteiger partial charge < -0.3 is 0 Å². The summed E-state index contributed by atoms with van der Waals surface area (Å²) in [6.45, 7) is 1.50. The molecule has 0 fully saturated rings. The number of benzene rings is 4. The summed E-state index contributed by atoms with van der Waals surface area (Å²) >= 11 is 15.6. The third-order valence-electron chi connectivity index (χ3n) is 6.75. The predicted molar refractivity (Wildman–Crippen MR) is 160 cm³/mol. The molecule has 1 atom stereocenters. The number of thioether (sulfide) groups is 2. The Balaban J connectivity index is 1.62. The van der Waals surface area contributed by atoms with Crippen LogP contribution in [0, 0.1) is 10.1 Å². The Hall–Kier alpha value is -3.30. The van der Waals surface area contributed by atoms with E-state index in [9.17, 15) is 14.9 Å². The van der Waals surface area contributed by atoms with Crippen LogP contribution in [0.1, 0.15) is 29.2 Å². The van der Waals surface area contributed by atoms with Gasteiger partial charge in [0.15, 0.2) is 15.0 Å². The summed E-state index contributed by atoms with van der Waals surface area (Å²) in [4.78, 5) is 23.6. The molecule has 10 heteroatoms. The van der Waals surface area contributed by atoms with Crippen molar-refractivity contribution in [2.24, 2.45) is 5.10 Å². The molecule has 0 bridgehead atoms. The van der Waals surface area contributed by atoms with E-state index < -0.39 is 13.9 Å². The Bertz CT molecular complexity index is 1600. The van der Waals surface area contributed by atoms with Crippen LogP contribution in [0.25, 0.3) is 0 Å². The van der Waals surface area contributed by atoms with Gasteiger partial charge >= 0.3 is 0 Å². The molecule has 0 N–H and O–H groups in total. The second kappa shape index (κ2) is 9.71. The fourth-order valence-corrected chi connectivity index (χ4v) is 8.83. The van der Waals surface area contributed by atoms with Crippen LogP contribution in [-0.4, -0.2) is 15.8 Å². The van der Waals surface area contributed by atoms with E-state index in [1.54, 1.807) is 23.9 Å². The Morgan fingerprint density at radius 1 is 0.846 bits per heavy atom. The Morgan fingerprint density at radius 2 is 1.38 bits per heavy atom. The summed E-state index contributed by atoms with van der Waals surface area (Å²) in [6, 6.07) is 29.9. The standard InChI is InChI=1S/C29H19Cl2N3O3S2/c1-18(35)27-32-33(23-14-16-24(17-15-23)34(36)37)29(38-27)26-5-3-2-4-25(26)28(39-29,19-6-10-21(30)11-7-19)20-8-12-22(31)13-9-20/h2-17H,1H3/t29-/m0/s1. The fourth-order valence-electron chi connectivity index (χ4n) is 5.02. The van der Waals surface area contributed by atoms with Gasteiger partial charge in [-0.2, -0.15) is 5.10 Å². The van der Waals surface area contributed by atoms with E-state index in [0.717, 1.165) is 22.3 Å². The number of nitrogens with zero attached hydrogens (tertiary/aromatic N) is 3. The summed E-state index contributed by atoms with van der Waals surface area (Å²) in [5, 5.41) is 19.5. The predicted octanol–water partition coefficient (Wildman–Crippen LogP) is 8.21. The van der Waals surface area contributed by atoms with Crippen molar-refractivity contribution in [1.82, 2.24) is 0 Å². The smallest absolute Gasteiger partial charge is 0.269 e. The van der Waals surface area contributed by atoms with Crippen molar-refractivity contribution in [3.63, 3.8) is 0 Å². The maximum Gasteiger partial charge on any atom is 0.269 e. The first-order chi connectivity index (χ1) is 18.7. The molecule has 0 amide bonds. The minimum Gasteiger partial charge on any atom is -0.292 e. The topological polar surface area (TPSA) is 75.8 Å². The van der Waals surface area contributed by atoms with E-state index in [0.29, 0.717) is 20.8 Å². The number of fused-ring (bicyclic) bond motifs is 2. The molecular formula is C29H19Cl2N3O3S2. The van der Waals surface area contributed by atoms with Gasteiger partial charge in [-0.15, -0.1) is 0 Å². The van der Waals surface area contributed by atoms with E-state index in [1.165, 1.54) is 30.8 Å². The van der Waals surface area contributed by atoms with E-state index >= 15 is 0 Å². The number of Topliss-reactive ketones (excluding diaryl/α,β-unsaturated/α-hetero) is 1. The van der Waals surface area contributed by atoms with Gasteiger partial charge in [0, 0.05) is 34.7 Å². The zero-order valence-electron chi connectivity index (χ0n) is 20.4. The molecule has 0 unspecified atom stereocenters. The average molecular weight is 593 g/mol. The molecule has 2 aliphatic heterocycles. The highest BCUT2D eigenvalue weighted by Gasteiger charge is 2.61. The molecule has 0 saturated carbocycles. The Kier molecular flexibility index (Phi) is 6.46. The first kappa shape index (κ1) is 26.0. The number of hydrazone groups is 1. The monoisotopic (exact) mass is 591 g/mol. The van der Waals surface area contributed by atoms with Crippen molar-refractivity contribution < 1.29 is 9.72 Å². The van der Waals surface area contributed by atoms with Crippen LogP contribution >= 0.6 is 46.7 Å². The first-order valence-electron chi connectivity index (χ1n) is 11.9. The second-order valence-corrected chi connectivity index (χ2v) is 12.8. The van der Waals surface area contributed by atoms with Gasteiger partial charge in [-0.3, -0.25) is 14.9 Å². The number of rotatable bonds is 5. The van der Waals surface area contributed by atoms with Gasteiger partial charge in [0.2, 0.25) is 0 Å². The zero-order chi connectivity index (χ0) is 27.4. The molecule has 4 aromatic rings. The van der Waals surface area contributed by atoms with Crippen LogP contribution in [0.15, 0.2) is 102 Å². The highest BCUT2D eigenvalue weighted by Crippen LogP contribution is 2.71. The molecule has 2 aliphatic rings. The van der Waals surface area contributed by atoms with E-state index in [4.69, 9.17) is 28.3 Å². The molecule has 2 heterocycles. The van der Waals surface area contributed by atoms with E-state index in [2.05, 4.69) is 12.1 Å². The summed E-state index contributed by atoms with van der Waals surface area (Å²) in [6.07, 6.45) is 0. The molecule has 0 radical (unpaired) electrons. The third kappa shape index (κ3) is 4.14. The lowest BCUT2D eigenvalue weighted by atomic mass is 9.82. The van der Waals surface area contributed by atoms with Crippen molar-refractivity contribution >= 4 is 68.9 Å². The van der Waals surface area contributed by atoms with Gasteiger partial charge in [0.25, 0.3) is 5.69 Å². The third-order valence-corrected chi connectivity index (χ3v) is 10.7. The Morgan fingerprint density at radius 3 is 1.90 bits per heavy atom. The number of carbonyl (C=O) groups excluding carboxylic acids is 1. The van der Waals surface area contributed by atoms with Crippen molar-refractivity contribution in [3.05, 3.63) is 139 Å². The molecule has 194 valence electrons. The fraction of sp³-hybridized carbons (Fsp3) is 0.103. The molecule has 0 aromatic heterocycles. The Labute approximate surface area is 243 Å². The van der Waals surface area contributed by atoms with Gasteiger partial charge in [-0.1, -0.05) is 95.3 Å². The summed E-state index contributed by atoms with van der Waals surface area (Å²) in [5.74, 6) is -0.155. The van der Waals surface area contributed by atoms with Crippen molar-refractivity contribution in [1.29, 1.82) is 0 Å². The maximum absolute atomic E-state index is 12.7. The number of hydrogen-bond donors (Lipinski definition) is 0. The molecule has 0 aliphatic carbocycles. The molecule has 39 heavy (non-hydrogen) atoms. The highest BCUT2D eigenvalue weighted by molar-refractivity contribution is 8.27. The van der Waals surface area contributed by atoms with Crippen LogP contribution in [0.3, 0.4) is 0 Å². The minimum absolute atomic E-state index is 0.0217. The van der Waals surface area contributed by atoms with Crippen molar-refractivity contribution in [2.75, 3.05) is 5.01 Å². The number of anilines is 1.